The molecule has 1 rings (SSSR count). The van der Waals surface area contributed by atoms with Gasteiger partial charge in [0.1, 0.15) is 6.61 Å². The van der Waals surface area contributed by atoms with E-state index in [9.17, 15) is 9.59 Å². The van der Waals surface area contributed by atoms with Crippen LogP contribution in [-0.4, -0.2) is 41.7 Å². The van der Waals surface area contributed by atoms with Crippen LogP contribution in [-0.2, 0) is 14.3 Å². The van der Waals surface area contributed by atoms with Gasteiger partial charge in [0.25, 0.3) is 0 Å². The van der Waals surface area contributed by atoms with Crippen molar-refractivity contribution >= 4 is 18.0 Å². The SMILES string of the molecule is O=C(O)COCCNC(=O)C=Cc1cccnc1. The second-order valence-corrected chi connectivity index (χ2v) is 3.36. The quantitative estimate of drug-likeness (QED) is 0.537. The lowest BCUT2D eigenvalue weighted by molar-refractivity contribution is -0.142. The van der Waals surface area contributed by atoms with Crippen molar-refractivity contribution in [2.24, 2.45) is 0 Å². The van der Waals surface area contributed by atoms with Gasteiger partial charge in [-0.1, -0.05) is 6.07 Å². The van der Waals surface area contributed by atoms with Gasteiger partial charge in [0.2, 0.25) is 5.91 Å². The number of carbonyl (C=O) groups is 2. The minimum Gasteiger partial charge on any atom is -0.480 e. The van der Waals surface area contributed by atoms with Gasteiger partial charge in [-0.05, 0) is 17.7 Å². The predicted octanol–water partition coefficient (Wildman–Crippen LogP) is 0.312. The van der Waals surface area contributed by atoms with E-state index in [-0.39, 0.29) is 25.7 Å². The Morgan fingerprint density at radius 3 is 3.00 bits per heavy atom. The number of hydrogen-bond donors (Lipinski definition) is 2. The fourth-order valence-corrected chi connectivity index (χ4v) is 1.11. The van der Waals surface area contributed by atoms with Crippen molar-refractivity contribution < 1.29 is 19.4 Å². The van der Waals surface area contributed by atoms with Gasteiger partial charge in [-0.3, -0.25) is 9.78 Å². The maximum Gasteiger partial charge on any atom is 0.329 e. The summed E-state index contributed by atoms with van der Waals surface area (Å²) in [6.07, 6.45) is 6.31. The zero-order valence-corrected chi connectivity index (χ0v) is 9.70. The average Bonchev–Trinajstić information content (AvgIpc) is 2.37. The Kier molecular flexibility index (Phi) is 6.13. The first-order valence-corrected chi connectivity index (χ1v) is 5.34. The number of ether oxygens (including phenoxy) is 1. The molecular weight excluding hydrogens is 236 g/mol. The average molecular weight is 250 g/mol. The molecule has 0 bridgehead atoms. The number of aromatic nitrogens is 1. The third-order valence-electron chi connectivity index (χ3n) is 1.88. The minimum absolute atomic E-state index is 0.165. The molecule has 18 heavy (non-hydrogen) atoms. The van der Waals surface area contributed by atoms with Crippen molar-refractivity contribution in [3.8, 4) is 0 Å². The molecular formula is C12H14N2O4. The topological polar surface area (TPSA) is 88.5 Å². The Bertz CT molecular complexity index is 417. The molecule has 2 N–H and O–H groups in total. The molecule has 0 saturated heterocycles. The van der Waals surface area contributed by atoms with Crippen LogP contribution in [0.4, 0.5) is 0 Å². The van der Waals surface area contributed by atoms with Gasteiger partial charge < -0.3 is 15.2 Å². The second kappa shape index (κ2) is 7.97. The summed E-state index contributed by atoms with van der Waals surface area (Å²) in [5.74, 6) is -1.30. The van der Waals surface area contributed by atoms with Crippen molar-refractivity contribution in [3.05, 3.63) is 36.2 Å². The summed E-state index contributed by atoms with van der Waals surface area (Å²) < 4.78 is 4.76. The highest BCUT2D eigenvalue weighted by Crippen LogP contribution is 1.97. The lowest BCUT2D eigenvalue weighted by Gasteiger charge is -2.02. The van der Waals surface area contributed by atoms with Gasteiger partial charge in [-0.2, -0.15) is 0 Å². The fourth-order valence-electron chi connectivity index (χ4n) is 1.11. The van der Waals surface area contributed by atoms with E-state index in [4.69, 9.17) is 9.84 Å². The first-order valence-electron chi connectivity index (χ1n) is 5.34. The number of nitrogens with zero attached hydrogens (tertiary/aromatic N) is 1. The molecule has 1 amide bonds. The number of carboxylic acids is 1. The van der Waals surface area contributed by atoms with Gasteiger partial charge in [0, 0.05) is 25.0 Å². The lowest BCUT2D eigenvalue weighted by atomic mass is 10.2. The standard InChI is InChI=1S/C12H14N2O4/c15-11(14-6-7-18-9-12(16)17)4-3-10-2-1-5-13-8-10/h1-5,8H,6-7,9H2,(H,14,15)(H,16,17). The summed E-state index contributed by atoms with van der Waals surface area (Å²) >= 11 is 0. The number of carbonyl (C=O) groups excluding carboxylic acids is 1. The van der Waals surface area contributed by atoms with E-state index in [1.165, 1.54) is 6.08 Å². The number of hydrogen-bond acceptors (Lipinski definition) is 4. The molecule has 1 heterocycles. The van der Waals surface area contributed by atoms with Crippen molar-refractivity contribution in [2.75, 3.05) is 19.8 Å². The lowest BCUT2D eigenvalue weighted by Crippen LogP contribution is -2.26. The molecule has 0 saturated carbocycles. The van der Waals surface area contributed by atoms with Crippen LogP contribution in [0.15, 0.2) is 30.6 Å². The molecule has 0 aliphatic carbocycles. The Morgan fingerprint density at radius 1 is 1.50 bits per heavy atom. The van der Waals surface area contributed by atoms with Crippen molar-refractivity contribution in [1.29, 1.82) is 0 Å². The number of aliphatic carboxylic acids is 1. The summed E-state index contributed by atoms with van der Waals surface area (Å²) in [4.78, 5) is 25.4. The van der Waals surface area contributed by atoms with Crippen LogP contribution in [0.3, 0.4) is 0 Å². The van der Waals surface area contributed by atoms with E-state index in [0.717, 1.165) is 5.56 Å². The highest BCUT2D eigenvalue weighted by Gasteiger charge is 1.97. The third kappa shape index (κ3) is 6.39. The number of carboxylic acid groups (broad SMARTS) is 1. The zero-order chi connectivity index (χ0) is 13.2. The molecule has 6 heteroatoms. The monoisotopic (exact) mass is 250 g/mol. The third-order valence-corrected chi connectivity index (χ3v) is 1.88. The minimum atomic E-state index is -1.03. The van der Waals surface area contributed by atoms with Gasteiger partial charge in [0.15, 0.2) is 0 Å². The van der Waals surface area contributed by atoms with Gasteiger partial charge in [-0.25, -0.2) is 4.79 Å². The van der Waals surface area contributed by atoms with Crippen molar-refractivity contribution in [3.63, 3.8) is 0 Å². The first-order chi connectivity index (χ1) is 8.68. The molecule has 0 aliphatic heterocycles. The van der Waals surface area contributed by atoms with Crippen LogP contribution in [0.5, 0.6) is 0 Å². The van der Waals surface area contributed by atoms with Gasteiger partial charge in [-0.15, -0.1) is 0 Å². The molecule has 96 valence electrons. The molecule has 0 unspecified atom stereocenters. The Hall–Kier alpha value is -2.21. The summed E-state index contributed by atoms with van der Waals surface area (Å²) in [7, 11) is 0. The molecule has 0 fully saturated rings. The first kappa shape index (κ1) is 13.9. The van der Waals surface area contributed by atoms with Crippen LogP contribution >= 0.6 is 0 Å². The smallest absolute Gasteiger partial charge is 0.329 e. The van der Waals surface area contributed by atoms with Gasteiger partial charge in [0.05, 0.1) is 6.61 Å². The largest absolute Gasteiger partial charge is 0.480 e. The Labute approximate surface area is 104 Å². The predicted molar refractivity (Wildman–Crippen MR) is 64.7 cm³/mol. The van der Waals surface area contributed by atoms with Crippen LogP contribution in [0, 0.1) is 0 Å². The molecule has 0 aromatic carbocycles. The molecule has 6 nitrogen and oxygen atoms in total. The molecule has 0 spiro atoms. The molecule has 1 aromatic rings. The zero-order valence-electron chi connectivity index (χ0n) is 9.70. The van der Waals surface area contributed by atoms with E-state index in [0.29, 0.717) is 0 Å². The Balaban J connectivity index is 2.18. The molecule has 0 atom stereocenters. The van der Waals surface area contributed by atoms with Gasteiger partial charge >= 0.3 is 5.97 Å². The van der Waals surface area contributed by atoms with Crippen molar-refractivity contribution in [2.45, 2.75) is 0 Å². The van der Waals surface area contributed by atoms with E-state index in [2.05, 4.69) is 10.3 Å². The van der Waals surface area contributed by atoms with Crippen LogP contribution in [0.25, 0.3) is 6.08 Å². The highest BCUT2D eigenvalue weighted by atomic mass is 16.5. The van der Waals surface area contributed by atoms with Crippen molar-refractivity contribution in [1.82, 2.24) is 10.3 Å². The van der Waals surface area contributed by atoms with E-state index in [1.807, 2.05) is 6.07 Å². The fraction of sp³-hybridized carbons (Fsp3) is 0.250. The van der Waals surface area contributed by atoms with Crippen LogP contribution < -0.4 is 5.32 Å². The van der Waals surface area contributed by atoms with Crippen LogP contribution in [0.1, 0.15) is 5.56 Å². The van der Waals surface area contributed by atoms with E-state index < -0.39 is 5.97 Å². The number of amides is 1. The number of rotatable bonds is 7. The second-order valence-electron chi connectivity index (χ2n) is 3.36. The number of pyridine rings is 1. The number of nitrogens with one attached hydrogen (secondary N) is 1. The molecule has 0 radical (unpaired) electrons. The van der Waals surface area contributed by atoms with E-state index in [1.54, 1.807) is 24.5 Å². The highest BCUT2D eigenvalue weighted by molar-refractivity contribution is 5.91. The van der Waals surface area contributed by atoms with E-state index >= 15 is 0 Å². The maximum absolute atomic E-state index is 11.3. The normalized spacial score (nSPS) is 10.4. The summed E-state index contributed by atoms with van der Waals surface area (Å²) in [5.41, 5.74) is 0.828. The maximum atomic E-state index is 11.3. The summed E-state index contributed by atoms with van der Waals surface area (Å²) in [6.45, 7) is 0.0731. The summed E-state index contributed by atoms with van der Waals surface area (Å²) in [6, 6.07) is 3.60. The summed E-state index contributed by atoms with van der Waals surface area (Å²) in [5, 5.41) is 10.9. The Morgan fingerprint density at radius 2 is 2.33 bits per heavy atom. The van der Waals surface area contributed by atoms with Crippen LogP contribution in [0.2, 0.25) is 0 Å². The molecule has 1 aromatic heterocycles. The molecule has 0 aliphatic rings.